The van der Waals surface area contributed by atoms with Crippen molar-refractivity contribution in [3.63, 3.8) is 0 Å². The summed E-state index contributed by atoms with van der Waals surface area (Å²) in [5, 5.41) is 23.0. The Labute approximate surface area is 118 Å². The number of rotatable bonds is 7. The van der Waals surface area contributed by atoms with E-state index >= 15 is 0 Å². The van der Waals surface area contributed by atoms with Crippen molar-refractivity contribution >= 4 is 17.3 Å². The Balaban J connectivity index is 2.82. The molecule has 1 aromatic rings. The molecule has 0 radical (unpaired) electrons. The molecule has 0 aliphatic carbocycles. The molecule has 0 bridgehead atoms. The van der Waals surface area contributed by atoms with Crippen molar-refractivity contribution in [3.05, 3.63) is 33.9 Å². The summed E-state index contributed by atoms with van der Waals surface area (Å²) in [6, 6.07) is 4.84. The Hall–Kier alpha value is -2.11. The smallest absolute Gasteiger partial charge is 0.308 e. The van der Waals surface area contributed by atoms with Crippen LogP contribution in [0.1, 0.15) is 25.8 Å². The van der Waals surface area contributed by atoms with Crippen LogP contribution >= 0.6 is 0 Å². The lowest BCUT2D eigenvalue weighted by Gasteiger charge is -2.16. The maximum absolute atomic E-state index is 11.2. The molecule has 0 aromatic heterocycles. The Morgan fingerprint density at radius 3 is 2.60 bits per heavy atom. The predicted molar refractivity (Wildman–Crippen MR) is 76.9 cm³/mol. The summed E-state index contributed by atoms with van der Waals surface area (Å²) in [4.78, 5) is 21.7. The number of aliphatic carboxylic acids is 1. The number of carboxylic acid groups (broad SMARTS) is 1. The Morgan fingerprint density at radius 2 is 2.10 bits per heavy atom. The first kappa shape index (κ1) is 15.9. The zero-order valence-electron chi connectivity index (χ0n) is 11.9. The number of anilines is 1. The number of carbonyl (C=O) groups is 1. The first-order valence-electron chi connectivity index (χ1n) is 6.53. The normalized spacial score (nSPS) is 12.2. The lowest BCUT2D eigenvalue weighted by molar-refractivity contribution is -0.384. The fraction of sp³-hybridized carbons (Fsp3) is 0.500. The highest BCUT2D eigenvalue weighted by Gasteiger charge is 2.20. The average molecular weight is 280 g/mol. The zero-order chi connectivity index (χ0) is 15.3. The molecule has 1 unspecified atom stereocenters. The predicted octanol–water partition coefficient (Wildman–Crippen LogP) is 3.06. The number of nitrogens with one attached hydrogen (secondary N) is 1. The van der Waals surface area contributed by atoms with E-state index in [0.717, 1.165) is 5.56 Å². The molecule has 1 aromatic carbocycles. The lowest BCUT2D eigenvalue weighted by atomic mass is 9.97. The largest absolute Gasteiger partial charge is 0.481 e. The maximum Gasteiger partial charge on any atom is 0.308 e. The second-order valence-electron chi connectivity index (χ2n) is 5.32. The molecule has 0 amide bonds. The van der Waals surface area contributed by atoms with E-state index in [4.69, 9.17) is 5.11 Å². The second-order valence-corrected chi connectivity index (χ2v) is 5.32. The van der Waals surface area contributed by atoms with Crippen LogP contribution in [0.3, 0.4) is 0 Å². The van der Waals surface area contributed by atoms with E-state index < -0.39 is 16.8 Å². The van der Waals surface area contributed by atoms with Gasteiger partial charge in [-0.3, -0.25) is 14.9 Å². The average Bonchev–Trinajstić information content (AvgIpc) is 2.34. The summed E-state index contributed by atoms with van der Waals surface area (Å²) in [5.41, 5.74) is 1.12. The molecule has 2 N–H and O–H groups in total. The molecule has 0 fully saturated rings. The Morgan fingerprint density at radius 1 is 1.45 bits per heavy atom. The van der Waals surface area contributed by atoms with Crippen molar-refractivity contribution in [1.82, 2.24) is 0 Å². The van der Waals surface area contributed by atoms with E-state index in [-0.39, 0.29) is 18.2 Å². The van der Waals surface area contributed by atoms with E-state index in [9.17, 15) is 14.9 Å². The minimum atomic E-state index is -0.888. The van der Waals surface area contributed by atoms with Gasteiger partial charge in [0.1, 0.15) is 5.69 Å². The maximum atomic E-state index is 11.2. The lowest BCUT2D eigenvalue weighted by Crippen LogP contribution is -2.24. The first-order chi connectivity index (χ1) is 9.31. The molecule has 0 heterocycles. The standard InChI is InChI=1S/C14H20N2O4/c1-9(2)6-11(14(17)18)8-15-12-5-4-10(3)7-13(12)16(19)20/h4-5,7,9,11,15H,6,8H2,1-3H3,(H,17,18). The molecular formula is C14H20N2O4. The topological polar surface area (TPSA) is 92.5 Å². The third kappa shape index (κ3) is 4.53. The van der Waals surface area contributed by atoms with Gasteiger partial charge in [0.2, 0.25) is 0 Å². The fourth-order valence-electron chi connectivity index (χ4n) is 2.02. The first-order valence-corrected chi connectivity index (χ1v) is 6.53. The van der Waals surface area contributed by atoms with E-state index in [1.54, 1.807) is 19.1 Å². The van der Waals surface area contributed by atoms with Crippen LogP contribution < -0.4 is 5.32 Å². The van der Waals surface area contributed by atoms with Gasteiger partial charge in [0.05, 0.1) is 10.8 Å². The van der Waals surface area contributed by atoms with Crippen LogP contribution in [-0.2, 0) is 4.79 Å². The molecule has 110 valence electrons. The van der Waals surface area contributed by atoms with Gasteiger partial charge in [-0.25, -0.2) is 0 Å². The Kier molecular flexibility index (Phi) is 5.49. The summed E-state index contributed by atoms with van der Waals surface area (Å²) in [6.07, 6.45) is 0.530. The fourth-order valence-corrected chi connectivity index (χ4v) is 2.02. The van der Waals surface area contributed by atoms with Gasteiger partial charge < -0.3 is 10.4 Å². The minimum absolute atomic E-state index is 0.0290. The van der Waals surface area contributed by atoms with Crippen LogP contribution in [0.2, 0.25) is 0 Å². The highest BCUT2D eigenvalue weighted by Crippen LogP contribution is 2.26. The summed E-state index contributed by atoms with van der Waals surface area (Å²) in [7, 11) is 0. The third-order valence-electron chi connectivity index (χ3n) is 2.99. The molecule has 1 atom stereocenters. The molecule has 0 aliphatic rings. The van der Waals surface area contributed by atoms with Gasteiger partial charge in [0.25, 0.3) is 5.69 Å². The number of hydrogen-bond acceptors (Lipinski definition) is 4. The van der Waals surface area contributed by atoms with Crippen molar-refractivity contribution < 1.29 is 14.8 Å². The van der Waals surface area contributed by atoms with E-state index in [0.29, 0.717) is 12.1 Å². The summed E-state index contributed by atoms with van der Waals surface area (Å²) < 4.78 is 0. The molecule has 0 spiro atoms. The van der Waals surface area contributed by atoms with Crippen LogP contribution in [-0.4, -0.2) is 22.5 Å². The minimum Gasteiger partial charge on any atom is -0.481 e. The van der Waals surface area contributed by atoms with Crippen LogP contribution in [0, 0.1) is 28.9 Å². The SMILES string of the molecule is Cc1ccc(NCC(CC(C)C)C(=O)O)c([N+](=O)[O-])c1. The quantitative estimate of drug-likeness (QED) is 0.591. The van der Waals surface area contributed by atoms with Crippen LogP contribution in [0.25, 0.3) is 0 Å². The summed E-state index contributed by atoms with van der Waals surface area (Å²) >= 11 is 0. The van der Waals surface area contributed by atoms with Gasteiger partial charge in [-0.05, 0) is 30.9 Å². The summed E-state index contributed by atoms with van der Waals surface area (Å²) in [6.45, 7) is 5.85. The van der Waals surface area contributed by atoms with Gasteiger partial charge in [-0.15, -0.1) is 0 Å². The number of nitro benzene ring substituents is 1. The van der Waals surface area contributed by atoms with E-state index in [1.807, 2.05) is 13.8 Å². The number of aryl methyl sites for hydroxylation is 1. The van der Waals surface area contributed by atoms with Crippen LogP contribution in [0.15, 0.2) is 18.2 Å². The monoisotopic (exact) mass is 280 g/mol. The van der Waals surface area contributed by atoms with Gasteiger partial charge in [-0.2, -0.15) is 0 Å². The van der Waals surface area contributed by atoms with Crippen molar-refractivity contribution in [2.45, 2.75) is 27.2 Å². The van der Waals surface area contributed by atoms with Crippen LogP contribution in [0.4, 0.5) is 11.4 Å². The van der Waals surface area contributed by atoms with Crippen molar-refractivity contribution in [3.8, 4) is 0 Å². The molecular weight excluding hydrogens is 260 g/mol. The molecule has 1 rings (SSSR count). The molecule has 0 saturated heterocycles. The van der Waals surface area contributed by atoms with E-state index in [1.165, 1.54) is 6.07 Å². The highest BCUT2D eigenvalue weighted by atomic mass is 16.6. The second kappa shape index (κ2) is 6.88. The number of nitrogens with zero attached hydrogens (tertiary/aromatic N) is 1. The molecule has 0 saturated carbocycles. The molecule has 6 nitrogen and oxygen atoms in total. The van der Waals surface area contributed by atoms with Crippen molar-refractivity contribution in [2.75, 3.05) is 11.9 Å². The van der Waals surface area contributed by atoms with Crippen molar-refractivity contribution in [2.24, 2.45) is 11.8 Å². The number of carboxylic acids is 1. The highest BCUT2D eigenvalue weighted by molar-refractivity contribution is 5.71. The van der Waals surface area contributed by atoms with E-state index in [2.05, 4.69) is 5.32 Å². The van der Waals surface area contributed by atoms with Gasteiger partial charge in [0, 0.05) is 12.6 Å². The van der Waals surface area contributed by atoms with Crippen molar-refractivity contribution in [1.29, 1.82) is 0 Å². The number of hydrogen-bond donors (Lipinski definition) is 2. The zero-order valence-corrected chi connectivity index (χ0v) is 11.9. The third-order valence-corrected chi connectivity index (χ3v) is 2.99. The van der Waals surface area contributed by atoms with Gasteiger partial charge >= 0.3 is 5.97 Å². The molecule has 6 heteroatoms. The van der Waals surface area contributed by atoms with Gasteiger partial charge in [0.15, 0.2) is 0 Å². The summed E-state index contributed by atoms with van der Waals surface area (Å²) in [5.74, 6) is -1.19. The number of nitro groups is 1. The van der Waals surface area contributed by atoms with Gasteiger partial charge in [-0.1, -0.05) is 19.9 Å². The molecule has 20 heavy (non-hydrogen) atoms. The molecule has 0 aliphatic heterocycles. The van der Waals surface area contributed by atoms with Crippen LogP contribution in [0.5, 0.6) is 0 Å². The number of benzene rings is 1. The Bertz CT molecular complexity index is 500.